The van der Waals surface area contributed by atoms with Crippen LogP contribution in [0.4, 0.5) is 4.79 Å². The van der Waals surface area contributed by atoms with Crippen molar-refractivity contribution in [3.8, 4) is 5.88 Å². The van der Waals surface area contributed by atoms with E-state index in [2.05, 4.69) is 47.1 Å². The summed E-state index contributed by atoms with van der Waals surface area (Å²) in [7, 11) is 1.64. The lowest BCUT2D eigenvalue weighted by Crippen LogP contribution is -2.55. The number of ether oxygens (including phenoxy) is 2. The standard InChI is InChI=1S/C29H39N3O3/c1-7-12-24(22(2)26-15-11-16-30-27(26)34-6)19-25-21-31(20-23-13-9-8-10-14-23)17-18-32(25)28(33)35-29(3,4)5/h7-16,25H,17-21H2,1-6H3/b12-7-,24-22-/t25-/m1/s1. The largest absolute Gasteiger partial charge is 0.481 e. The quantitative estimate of drug-likeness (QED) is 0.461. The van der Waals surface area contributed by atoms with Gasteiger partial charge in [0.25, 0.3) is 0 Å². The Hall–Kier alpha value is -3.12. The molecule has 3 rings (SSSR count). The molecule has 0 N–H and O–H groups in total. The van der Waals surface area contributed by atoms with Gasteiger partial charge in [0.2, 0.25) is 5.88 Å². The molecule has 6 nitrogen and oxygen atoms in total. The van der Waals surface area contributed by atoms with Crippen LogP contribution in [0.1, 0.15) is 52.2 Å². The van der Waals surface area contributed by atoms with E-state index in [9.17, 15) is 4.79 Å². The van der Waals surface area contributed by atoms with Gasteiger partial charge >= 0.3 is 6.09 Å². The maximum absolute atomic E-state index is 13.2. The van der Waals surface area contributed by atoms with Crippen LogP contribution in [-0.2, 0) is 11.3 Å². The Kier molecular flexibility index (Phi) is 9.10. The molecule has 1 fully saturated rings. The second-order valence-corrected chi connectivity index (χ2v) is 9.96. The summed E-state index contributed by atoms with van der Waals surface area (Å²) < 4.78 is 11.3. The van der Waals surface area contributed by atoms with Crippen molar-refractivity contribution in [1.82, 2.24) is 14.8 Å². The van der Waals surface area contributed by atoms with Crippen molar-refractivity contribution in [2.45, 2.75) is 59.2 Å². The second-order valence-electron chi connectivity index (χ2n) is 9.96. The Morgan fingerprint density at radius 1 is 1.14 bits per heavy atom. The van der Waals surface area contributed by atoms with Crippen molar-refractivity contribution in [1.29, 1.82) is 0 Å². The zero-order valence-electron chi connectivity index (χ0n) is 22.0. The van der Waals surface area contributed by atoms with Crippen LogP contribution in [0.2, 0.25) is 0 Å². The van der Waals surface area contributed by atoms with Crippen molar-refractivity contribution < 1.29 is 14.3 Å². The molecule has 35 heavy (non-hydrogen) atoms. The number of carbonyl (C=O) groups excluding carboxylic acids is 1. The minimum Gasteiger partial charge on any atom is -0.481 e. The molecule has 0 saturated carbocycles. The van der Waals surface area contributed by atoms with Crippen molar-refractivity contribution in [3.63, 3.8) is 0 Å². The zero-order chi connectivity index (χ0) is 25.4. The molecule has 188 valence electrons. The molecular formula is C29H39N3O3. The summed E-state index contributed by atoms with van der Waals surface area (Å²) in [5.41, 5.74) is 3.95. The SMILES string of the molecule is C/C=C\C(C[C@@H]1CN(Cc2ccccc2)CCN1C(=O)OC(C)(C)C)=C(/C)c1cccnc1OC. The molecule has 2 aromatic rings. The fourth-order valence-corrected chi connectivity index (χ4v) is 4.45. The van der Waals surface area contributed by atoms with Crippen LogP contribution in [0, 0.1) is 0 Å². The molecule has 0 aliphatic carbocycles. The van der Waals surface area contributed by atoms with Crippen LogP contribution in [0.15, 0.2) is 66.4 Å². The lowest BCUT2D eigenvalue weighted by atomic mass is 9.94. The van der Waals surface area contributed by atoms with E-state index in [0.29, 0.717) is 18.8 Å². The van der Waals surface area contributed by atoms with E-state index in [-0.39, 0.29) is 12.1 Å². The highest BCUT2D eigenvalue weighted by atomic mass is 16.6. The second kappa shape index (κ2) is 12.0. The third kappa shape index (κ3) is 7.43. The Morgan fingerprint density at radius 3 is 2.54 bits per heavy atom. The summed E-state index contributed by atoms with van der Waals surface area (Å²) >= 11 is 0. The molecule has 0 unspecified atom stereocenters. The number of carbonyl (C=O) groups is 1. The molecule has 0 radical (unpaired) electrons. The van der Waals surface area contributed by atoms with Crippen molar-refractivity contribution in [3.05, 3.63) is 77.5 Å². The number of allylic oxidation sites excluding steroid dienone is 3. The number of benzene rings is 1. The van der Waals surface area contributed by atoms with Gasteiger partial charge in [-0.3, -0.25) is 4.90 Å². The van der Waals surface area contributed by atoms with Gasteiger partial charge in [-0.25, -0.2) is 9.78 Å². The first-order chi connectivity index (χ1) is 16.7. The third-order valence-electron chi connectivity index (χ3n) is 6.12. The van der Waals surface area contributed by atoms with Crippen LogP contribution >= 0.6 is 0 Å². The Labute approximate surface area is 210 Å². The number of hydrogen-bond donors (Lipinski definition) is 0. The minimum absolute atomic E-state index is 0.0221. The highest BCUT2D eigenvalue weighted by molar-refractivity contribution is 5.73. The minimum atomic E-state index is -0.538. The maximum atomic E-state index is 13.2. The van der Waals surface area contributed by atoms with Crippen LogP contribution < -0.4 is 4.74 Å². The first-order valence-electron chi connectivity index (χ1n) is 12.3. The van der Waals surface area contributed by atoms with E-state index in [0.717, 1.165) is 36.3 Å². The Balaban J connectivity index is 1.91. The molecule has 1 aliphatic heterocycles. The molecule has 1 aliphatic rings. The van der Waals surface area contributed by atoms with Gasteiger partial charge in [0.1, 0.15) is 5.60 Å². The summed E-state index contributed by atoms with van der Waals surface area (Å²) in [5.74, 6) is 0.602. The maximum Gasteiger partial charge on any atom is 0.410 e. The summed E-state index contributed by atoms with van der Waals surface area (Å²) in [6.07, 6.45) is 6.37. The highest BCUT2D eigenvalue weighted by Crippen LogP contribution is 2.30. The molecular weight excluding hydrogens is 438 g/mol. The van der Waals surface area contributed by atoms with Crippen LogP contribution in [0.3, 0.4) is 0 Å². The molecule has 1 saturated heterocycles. The lowest BCUT2D eigenvalue weighted by Gasteiger charge is -2.42. The summed E-state index contributed by atoms with van der Waals surface area (Å²) in [6.45, 7) is 12.9. The van der Waals surface area contributed by atoms with Gasteiger partial charge in [-0.1, -0.05) is 42.5 Å². The molecule has 1 atom stereocenters. The number of nitrogens with zero attached hydrogens (tertiary/aromatic N) is 3. The monoisotopic (exact) mass is 477 g/mol. The first-order valence-corrected chi connectivity index (χ1v) is 12.3. The zero-order valence-corrected chi connectivity index (χ0v) is 22.0. The average molecular weight is 478 g/mol. The number of aromatic nitrogens is 1. The molecule has 0 spiro atoms. The summed E-state index contributed by atoms with van der Waals surface area (Å²) in [4.78, 5) is 21.9. The van der Waals surface area contributed by atoms with Crippen LogP contribution in [0.5, 0.6) is 5.88 Å². The van der Waals surface area contributed by atoms with E-state index in [4.69, 9.17) is 9.47 Å². The van der Waals surface area contributed by atoms with Crippen LogP contribution in [-0.4, -0.2) is 59.3 Å². The van der Waals surface area contributed by atoms with Crippen molar-refractivity contribution in [2.24, 2.45) is 0 Å². The number of piperazine rings is 1. The van der Waals surface area contributed by atoms with Gasteiger partial charge in [0.15, 0.2) is 0 Å². The van der Waals surface area contributed by atoms with E-state index in [1.54, 1.807) is 13.3 Å². The summed E-state index contributed by atoms with van der Waals surface area (Å²) in [6, 6.07) is 14.4. The average Bonchev–Trinajstić information content (AvgIpc) is 2.83. The molecule has 2 heterocycles. The van der Waals surface area contributed by atoms with Gasteiger partial charge < -0.3 is 14.4 Å². The fraction of sp³-hybridized carbons (Fsp3) is 0.448. The normalized spacial score (nSPS) is 17.9. The lowest BCUT2D eigenvalue weighted by molar-refractivity contribution is -0.00219. The smallest absolute Gasteiger partial charge is 0.410 e. The third-order valence-corrected chi connectivity index (χ3v) is 6.12. The van der Waals surface area contributed by atoms with Gasteiger partial charge in [-0.2, -0.15) is 0 Å². The molecule has 1 aromatic heterocycles. The Morgan fingerprint density at radius 2 is 1.89 bits per heavy atom. The van der Waals surface area contributed by atoms with Gasteiger partial charge in [-0.05, 0) is 69.9 Å². The number of methoxy groups -OCH3 is 1. The van der Waals surface area contributed by atoms with Crippen LogP contribution in [0.25, 0.3) is 5.57 Å². The molecule has 6 heteroatoms. The predicted molar refractivity (Wildman–Crippen MR) is 141 cm³/mol. The number of rotatable bonds is 7. The topological polar surface area (TPSA) is 54.9 Å². The highest BCUT2D eigenvalue weighted by Gasteiger charge is 2.34. The van der Waals surface area contributed by atoms with Crippen molar-refractivity contribution >= 4 is 11.7 Å². The fourth-order valence-electron chi connectivity index (χ4n) is 4.45. The van der Waals surface area contributed by atoms with Gasteiger partial charge in [-0.15, -0.1) is 0 Å². The van der Waals surface area contributed by atoms with E-state index < -0.39 is 5.60 Å². The van der Waals surface area contributed by atoms with E-state index >= 15 is 0 Å². The van der Waals surface area contributed by atoms with Gasteiger partial charge in [0, 0.05) is 37.9 Å². The molecule has 0 bridgehead atoms. The Bertz CT molecular complexity index is 1040. The number of amides is 1. The van der Waals surface area contributed by atoms with E-state index in [1.807, 2.05) is 56.9 Å². The number of hydrogen-bond acceptors (Lipinski definition) is 5. The van der Waals surface area contributed by atoms with Gasteiger partial charge in [0.05, 0.1) is 13.2 Å². The molecule has 1 amide bonds. The predicted octanol–water partition coefficient (Wildman–Crippen LogP) is 5.95. The first kappa shape index (κ1) is 26.5. The van der Waals surface area contributed by atoms with Crippen molar-refractivity contribution in [2.75, 3.05) is 26.7 Å². The molecule has 1 aromatic carbocycles. The van der Waals surface area contributed by atoms with E-state index in [1.165, 1.54) is 5.56 Å². The summed E-state index contributed by atoms with van der Waals surface area (Å²) in [5, 5.41) is 0. The number of pyridine rings is 1.